The molecule has 0 radical (unpaired) electrons. The van der Waals surface area contributed by atoms with Gasteiger partial charge in [0.15, 0.2) is 0 Å². The number of ether oxygens (including phenoxy) is 1. The highest BCUT2D eigenvalue weighted by molar-refractivity contribution is 5.69. The number of hydrogen-bond donors (Lipinski definition) is 1. The molecule has 116 valence electrons. The fourth-order valence-corrected chi connectivity index (χ4v) is 3.39. The van der Waals surface area contributed by atoms with Crippen LogP contribution >= 0.6 is 0 Å². The van der Waals surface area contributed by atoms with Gasteiger partial charge >= 0.3 is 5.97 Å². The van der Waals surface area contributed by atoms with Crippen molar-refractivity contribution in [2.45, 2.75) is 51.5 Å². The summed E-state index contributed by atoms with van der Waals surface area (Å²) in [5.41, 5.74) is 0. The summed E-state index contributed by atoms with van der Waals surface area (Å²) in [5, 5.41) is 3.74. The van der Waals surface area contributed by atoms with Gasteiger partial charge in [-0.3, -0.25) is 4.79 Å². The van der Waals surface area contributed by atoms with Crippen molar-refractivity contribution in [3.8, 4) is 0 Å². The Balaban J connectivity index is 1.68. The smallest absolute Gasteiger partial charge is 0.305 e. The zero-order chi connectivity index (χ0) is 14.4. The summed E-state index contributed by atoms with van der Waals surface area (Å²) in [6.45, 7) is 5.80. The lowest BCUT2D eigenvalue weighted by molar-refractivity contribution is -0.143. The fourth-order valence-electron chi connectivity index (χ4n) is 3.39. The molecule has 1 saturated heterocycles. The van der Waals surface area contributed by atoms with E-state index in [-0.39, 0.29) is 5.97 Å². The van der Waals surface area contributed by atoms with E-state index in [1.807, 2.05) is 6.92 Å². The van der Waals surface area contributed by atoms with Crippen LogP contribution in [0.15, 0.2) is 0 Å². The van der Waals surface area contributed by atoms with Crippen molar-refractivity contribution in [2.24, 2.45) is 11.8 Å². The van der Waals surface area contributed by atoms with Crippen LogP contribution in [-0.2, 0) is 9.53 Å². The minimum Gasteiger partial charge on any atom is -0.466 e. The lowest BCUT2D eigenvalue weighted by Gasteiger charge is -2.37. The van der Waals surface area contributed by atoms with Gasteiger partial charge in [0.2, 0.25) is 0 Å². The fraction of sp³-hybridized carbons (Fsp3) is 0.938. The van der Waals surface area contributed by atoms with Crippen LogP contribution in [0.3, 0.4) is 0 Å². The van der Waals surface area contributed by atoms with Crippen molar-refractivity contribution in [3.63, 3.8) is 0 Å². The number of likely N-dealkylation sites (N-methyl/N-ethyl adjacent to an activating group) is 1. The molecule has 1 heterocycles. The Morgan fingerprint density at radius 2 is 2.10 bits per heavy atom. The maximum absolute atomic E-state index is 11.5. The largest absolute Gasteiger partial charge is 0.466 e. The number of nitrogens with one attached hydrogen (secondary N) is 1. The van der Waals surface area contributed by atoms with E-state index in [4.69, 9.17) is 4.74 Å². The molecule has 2 unspecified atom stereocenters. The standard InChI is InChI=1S/C16H30N2O2/c1-3-20-16(19)8-7-14-9-15(12-18(2)11-14)17-10-13-5-4-6-13/h13-15,17H,3-12H2,1-2H3. The molecular formula is C16H30N2O2. The number of esters is 1. The Morgan fingerprint density at radius 3 is 2.75 bits per heavy atom. The van der Waals surface area contributed by atoms with E-state index in [2.05, 4.69) is 17.3 Å². The molecular weight excluding hydrogens is 252 g/mol. The first kappa shape index (κ1) is 15.8. The quantitative estimate of drug-likeness (QED) is 0.726. The third-order valence-corrected chi connectivity index (χ3v) is 4.70. The third-order valence-electron chi connectivity index (χ3n) is 4.70. The summed E-state index contributed by atoms with van der Waals surface area (Å²) in [7, 11) is 2.19. The summed E-state index contributed by atoms with van der Waals surface area (Å²) in [5.74, 6) is 1.50. The van der Waals surface area contributed by atoms with Gasteiger partial charge in [0, 0.05) is 25.6 Å². The molecule has 0 aromatic heterocycles. The molecule has 0 spiro atoms. The van der Waals surface area contributed by atoms with Crippen molar-refractivity contribution in [3.05, 3.63) is 0 Å². The zero-order valence-corrected chi connectivity index (χ0v) is 13.1. The summed E-state index contributed by atoms with van der Waals surface area (Å²) >= 11 is 0. The van der Waals surface area contributed by atoms with Crippen molar-refractivity contribution in [2.75, 3.05) is 33.3 Å². The molecule has 1 aliphatic carbocycles. The molecule has 4 heteroatoms. The van der Waals surface area contributed by atoms with E-state index >= 15 is 0 Å². The van der Waals surface area contributed by atoms with Crippen molar-refractivity contribution in [1.82, 2.24) is 10.2 Å². The van der Waals surface area contributed by atoms with Gasteiger partial charge in [-0.2, -0.15) is 0 Å². The normalized spacial score (nSPS) is 28.1. The zero-order valence-electron chi connectivity index (χ0n) is 13.1. The number of rotatable bonds is 7. The second-order valence-electron chi connectivity index (χ2n) is 6.57. The number of carbonyl (C=O) groups is 1. The van der Waals surface area contributed by atoms with E-state index in [9.17, 15) is 4.79 Å². The monoisotopic (exact) mass is 282 g/mol. The summed E-state index contributed by atoms with van der Waals surface area (Å²) < 4.78 is 5.02. The molecule has 1 aliphatic heterocycles. The number of likely N-dealkylation sites (tertiary alicyclic amines) is 1. The van der Waals surface area contributed by atoms with E-state index in [0.717, 1.165) is 25.4 Å². The molecule has 0 amide bonds. The number of carbonyl (C=O) groups excluding carboxylic acids is 1. The van der Waals surface area contributed by atoms with Crippen LogP contribution in [0.25, 0.3) is 0 Å². The van der Waals surface area contributed by atoms with Gasteiger partial charge in [-0.25, -0.2) is 0 Å². The van der Waals surface area contributed by atoms with Crippen LogP contribution in [0, 0.1) is 11.8 Å². The minimum atomic E-state index is -0.0419. The molecule has 0 bridgehead atoms. The topological polar surface area (TPSA) is 41.6 Å². The highest BCUT2D eigenvalue weighted by Gasteiger charge is 2.26. The Morgan fingerprint density at radius 1 is 1.30 bits per heavy atom. The minimum absolute atomic E-state index is 0.0419. The molecule has 2 aliphatic rings. The molecule has 4 nitrogen and oxygen atoms in total. The van der Waals surface area contributed by atoms with Gasteiger partial charge in [-0.1, -0.05) is 6.42 Å². The van der Waals surface area contributed by atoms with Gasteiger partial charge in [0.25, 0.3) is 0 Å². The van der Waals surface area contributed by atoms with Gasteiger partial charge in [-0.05, 0) is 58.0 Å². The lowest BCUT2D eigenvalue weighted by atomic mass is 9.84. The number of hydrogen-bond acceptors (Lipinski definition) is 4. The van der Waals surface area contributed by atoms with Gasteiger partial charge in [0.05, 0.1) is 6.61 Å². The first-order valence-electron chi connectivity index (χ1n) is 8.25. The molecule has 2 rings (SSSR count). The molecule has 2 fully saturated rings. The predicted molar refractivity (Wildman–Crippen MR) is 80.6 cm³/mol. The highest BCUT2D eigenvalue weighted by Crippen LogP contribution is 2.26. The second-order valence-corrected chi connectivity index (χ2v) is 6.57. The number of nitrogens with zero attached hydrogens (tertiary/aromatic N) is 1. The van der Waals surface area contributed by atoms with E-state index in [1.54, 1.807) is 0 Å². The van der Waals surface area contributed by atoms with Gasteiger partial charge in [-0.15, -0.1) is 0 Å². The van der Waals surface area contributed by atoms with Crippen molar-refractivity contribution >= 4 is 5.97 Å². The first-order valence-corrected chi connectivity index (χ1v) is 8.25. The molecule has 2 atom stereocenters. The lowest BCUT2D eigenvalue weighted by Crippen LogP contribution is -2.49. The van der Waals surface area contributed by atoms with Crippen LogP contribution in [-0.4, -0.2) is 50.2 Å². The van der Waals surface area contributed by atoms with E-state index < -0.39 is 0 Å². The highest BCUT2D eigenvalue weighted by atomic mass is 16.5. The Hall–Kier alpha value is -0.610. The van der Waals surface area contributed by atoms with E-state index in [0.29, 0.717) is 25.0 Å². The van der Waals surface area contributed by atoms with Crippen LogP contribution in [0.5, 0.6) is 0 Å². The maximum Gasteiger partial charge on any atom is 0.305 e. The van der Waals surface area contributed by atoms with Crippen molar-refractivity contribution in [1.29, 1.82) is 0 Å². The summed E-state index contributed by atoms with van der Waals surface area (Å²) in [6, 6.07) is 0.599. The SMILES string of the molecule is CCOC(=O)CCC1CC(NCC2CCC2)CN(C)C1. The molecule has 1 N–H and O–H groups in total. The van der Waals surface area contributed by atoms with E-state index in [1.165, 1.54) is 32.2 Å². The molecule has 0 aromatic carbocycles. The third kappa shape index (κ3) is 5.06. The van der Waals surface area contributed by atoms with Crippen LogP contribution in [0.2, 0.25) is 0 Å². The number of piperidine rings is 1. The Bertz CT molecular complexity index is 305. The van der Waals surface area contributed by atoms with Crippen molar-refractivity contribution < 1.29 is 9.53 Å². The van der Waals surface area contributed by atoms with Crippen LogP contribution in [0.4, 0.5) is 0 Å². The summed E-state index contributed by atoms with van der Waals surface area (Å²) in [6.07, 6.45) is 6.96. The average molecular weight is 282 g/mol. The molecule has 20 heavy (non-hydrogen) atoms. The average Bonchev–Trinajstić information content (AvgIpc) is 2.34. The molecule has 1 saturated carbocycles. The second kappa shape index (κ2) is 7.99. The first-order chi connectivity index (χ1) is 9.67. The van der Waals surface area contributed by atoms with Gasteiger partial charge < -0.3 is 15.0 Å². The van der Waals surface area contributed by atoms with Crippen LogP contribution in [0.1, 0.15) is 45.4 Å². The summed E-state index contributed by atoms with van der Waals surface area (Å²) in [4.78, 5) is 13.9. The predicted octanol–water partition coefficient (Wildman–Crippen LogP) is 2.04. The Kier molecular flexibility index (Phi) is 6.30. The molecule has 0 aromatic rings. The maximum atomic E-state index is 11.5. The van der Waals surface area contributed by atoms with Gasteiger partial charge in [0.1, 0.15) is 0 Å². The van der Waals surface area contributed by atoms with Crippen LogP contribution < -0.4 is 5.32 Å². The Labute approximate surface area is 123 Å².